The Balaban J connectivity index is 0.00000576. The maximum Gasteiger partial charge on any atom is 0.153 e. The first-order chi connectivity index (χ1) is 11.7. The number of halogens is 1. The predicted octanol–water partition coefficient (Wildman–Crippen LogP) is 5.36. The average molecular weight is 372 g/mol. The summed E-state index contributed by atoms with van der Waals surface area (Å²) in [5.41, 5.74) is 1.12. The molecule has 1 rings (SSSR count). The third-order valence-electron chi connectivity index (χ3n) is 4.57. The predicted molar refractivity (Wildman–Crippen MR) is 109 cm³/mol. The fraction of sp³-hybridized carbons (Fsp3) is 0.714. The van der Waals surface area contributed by atoms with Gasteiger partial charge in [0.25, 0.3) is 0 Å². The molecule has 0 heterocycles. The number of benzene rings is 1. The molecule has 0 saturated heterocycles. The van der Waals surface area contributed by atoms with Crippen molar-refractivity contribution in [3.05, 3.63) is 35.9 Å². The summed E-state index contributed by atoms with van der Waals surface area (Å²) in [4.78, 5) is 0. The van der Waals surface area contributed by atoms with E-state index in [0.29, 0.717) is 6.42 Å². The molecule has 1 aromatic rings. The van der Waals surface area contributed by atoms with Gasteiger partial charge in [0.1, 0.15) is 0 Å². The van der Waals surface area contributed by atoms with Gasteiger partial charge in [-0.15, -0.1) is 12.4 Å². The number of aliphatic hydroxyl groups excluding tert-OH is 1. The van der Waals surface area contributed by atoms with Crippen molar-refractivity contribution in [2.45, 2.75) is 89.9 Å². The lowest BCUT2D eigenvalue weighted by Gasteiger charge is -2.20. The van der Waals surface area contributed by atoms with E-state index in [0.717, 1.165) is 18.5 Å². The van der Waals surface area contributed by atoms with E-state index >= 15 is 0 Å². The van der Waals surface area contributed by atoms with E-state index in [9.17, 15) is 10.2 Å². The molecule has 0 aromatic heterocycles. The summed E-state index contributed by atoms with van der Waals surface area (Å²) >= 11 is 0. The molecule has 0 amide bonds. The van der Waals surface area contributed by atoms with Crippen molar-refractivity contribution in [3.8, 4) is 0 Å². The van der Waals surface area contributed by atoms with Crippen LogP contribution in [-0.2, 0) is 0 Å². The zero-order valence-electron chi connectivity index (χ0n) is 15.8. The summed E-state index contributed by atoms with van der Waals surface area (Å²) in [6.45, 7) is 3.19. The lowest BCUT2D eigenvalue weighted by molar-refractivity contribution is -0.0518. The summed E-state index contributed by atoms with van der Waals surface area (Å²) in [6, 6.07) is 10.1. The summed E-state index contributed by atoms with van der Waals surface area (Å²) in [7, 11) is 0. The van der Waals surface area contributed by atoms with Crippen LogP contribution in [0.1, 0.15) is 89.2 Å². The van der Waals surface area contributed by atoms with E-state index in [1.54, 1.807) is 0 Å². The summed E-state index contributed by atoms with van der Waals surface area (Å²) in [5.74, 6) is 0. The third kappa shape index (κ3) is 13.3. The SMILES string of the molecule is CCCCCCCCCCCCNC(CC(O)O)c1ccccc1.Cl. The highest BCUT2D eigenvalue weighted by Gasteiger charge is 2.13. The number of unbranched alkanes of at least 4 members (excludes halogenated alkanes) is 9. The van der Waals surface area contributed by atoms with Crippen LogP contribution in [0.25, 0.3) is 0 Å². The minimum atomic E-state index is -1.27. The number of aliphatic hydroxyl groups is 2. The Bertz CT molecular complexity index is 387. The Morgan fingerprint density at radius 2 is 1.32 bits per heavy atom. The van der Waals surface area contributed by atoms with Gasteiger partial charge in [-0.05, 0) is 18.5 Å². The lowest BCUT2D eigenvalue weighted by atomic mass is 10.0. The standard InChI is InChI=1S/C21H37NO2.ClH/c1-2-3-4-5-6-7-8-9-10-14-17-22-20(18-21(23)24)19-15-12-11-13-16-19;/h11-13,15-16,20-24H,2-10,14,17-18H2,1H3;1H. The first kappa shape index (κ1) is 24.4. The molecule has 1 atom stereocenters. The van der Waals surface area contributed by atoms with Gasteiger partial charge in [0.05, 0.1) is 0 Å². The zero-order valence-corrected chi connectivity index (χ0v) is 16.6. The molecule has 0 aliphatic carbocycles. The quantitative estimate of drug-likeness (QED) is 0.287. The van der Waals surface area contributed by atoms with E-state index < -0.39 is 6.29 Å². The second-order valence-electron chi connectivity index (χ2n) is 6.82. The highest BCUT2D eigenvalue weighted by molar-refractivity contribution is 5.85. The molecule has 1 unspecified atom stereocenters. The van der Waals surface area contributed by atoms with Crippen molar-refractivity contribution in [2.24, 2.45) is 0 Å². The van der Waals surface area contributed by atoms with Crippen LogP contribution in [-0.4, -0.2) is 23.0 Å². The van der Waals surface area contributed by atoms with Crippen LogP contribution in [0.3, 0.4) is 0 Å². The van der Waals surface area contributed by atoms with Crippen LogP contribution < -0.4 is 5.32 Å². The molecule has 0 fully saturated rings. The molecule has 0 saturated carbocycles. The van der Waals surface area contributed by atoms with E-state index in [2.05, 4.69) is 12.2 Å². The van der Waals surface area contributed by atoms with E-state index in [-0.39, 0.29) is 18.4 Å². The van der Waals surface area contributed by atoms with Gasteiger partial charge >= 0.3 is 0 Å². The van der Waals surface area contributed by atoms with E-state index in [1.807, 2.05) is 30.3 Å². The van der Waals surface area contributed by atoms with Crippen molar-refractivity contribution >= 4 is 12.4 Å². The number of hydrogen-bond donors (Lipinski definition) is 3. The average Bonchev–Trinajstić information content (AvgIpc) is 2.59. The highest BCUT2D eigenvalue weighted by Crippen LogP contribution is 2.18. The summed E-state index contributed by atoms with van der Waals surface area (Å²) in [6.07, 6.45) is 12.4. The van der Waals surface area contributed by atoms with Gasteiger partial charge in [-0.2, -0.15) is 0 Å². The van der Waals surface area contributed by atoms with Crippen molar-refractivity contribution in [1.29, 1.82) is 0 Å². The van der Waals surface area contributed by atoms with Crippen molar-refractivity contribution in [2.75, 3.05) is 6.54 Å². The van der Waals surface area contributed by atoms with Crippen LogP contribution in [0.2, 0.25) is 0 Å². The minimum Gasteiger partial charge on any atom is -0.368 e. The molecule has 0 bridgehead atoms. The van der Waals surface area contributed by atoms with Gasteiger partial charge < -0.3 is 15.5 Å². The van der Waals surface area contributed by atoms with Gasteiger partial charge in [-0.3, -0.25) is 0 Å². The molecule has 0 radical (unpaired) electrons. The van der Waals surface area contributed by atoms with Crippen LogP contribution in [0.15, 0.2) is 30.3 Å². The van der Waals surface area contributed by atoms with Gasteiger partial charge in [-0.25, -0.2) is 0 Å². The summed E-state index contributed by atoms with van der Waals surface area (Å²) < 4.78 is 0. The topological polar surface area (TPSA) is 52.5 Å². The van der Waals surface area contributed by atoms with Crippen molar-refractivity contribution < 1.29 is 10.2 Å². The molecular weight excluding hydrogens is 334 g/mol. The van der Waals surface area contributed by atoms with Gasteiger partial charge in [-0.1, -0.05) is 95.0 Å². The van der Waals surface area contributed by atoms with Crippen LogP contribution in [0, 0.1) is 0 Å². The second kappa shape index (κ2) is 16.8. The highest BCUT2D eigenvalue weighted by atomic mass is 35.5. The maximum absolute atomic E-state index is 9.28. The fourth-order valence-electron chi connectivity index (χ4n) is 3.12. The number of rotatable bonds is 15. The van der Waals surface area contributed by atoms with E-state index in [4.69, 9.17) is 0 Å². The van der Waals surface area contributed by atoms with Crippen LogP contribution in [0.5, 0.6) is 0 Å². The van der Waals surface area contributed by atoms with Crippen molar-refractivity contribution in [3.63, 3.8) is 0 Å². The molecule has 25 heavy (non-hydrogen) atoms. The normalized spacial score (nSPS) is 12.2. The Morgan fingerprint density at radius 1 is 0.800 bits per heavy atom. The van der Waals surface area contributed by atoms with E-state index in [1.165, 1.54) is 57.8 Å². The number of nitrogens with one attached hydrogen (secondary N) is 1. The molecular formula is C21H38ClNO2. The molecule has 0 aliphatic rings. The van der Waals surface area contributed by atoms with Crippen LogP contribution in [0.4, 0.5) is 0 Å². The molecule has 146 valence electrons. The minimum absolute atomic E-state index is 0. The Morgan fingerprint density at radius 3 is 1.84 bits per heavy atom. The third-order valence-corrected chi connectivity index (χ3v) is 4.57. The van der Waals surface area contributed by atoms with Gasteiger partial charge in [0.2, 0.25) is 0 Å². The smallest absolute Gasteiger partial charge is 0.153 e. The molecule has 1 aromatic carbocycles. The number of hydrogen-bond acceptors (Lipinski definition) is 3. The molecule has 4 heteroatoms. The first-order valence-corrected chi connectivity index (χ1v) is 9.88. The molecule has 3 N–H and O–H groups in total. The van der Waals surface area contributed by atoms with Gasteiger partial charge in [0, 0.05) is 12.5 Å². The zero-order chi connectivity index (χ0) is 17.5. The monoisotopic (exact) mass is 371 g/mol. The Labute approximate surface area is 160 Å². The summed E-state index contributed by atoms with van der Waals surface area (Å²) in [5, 5.41) is 22.0. The Hall–Kier alpha value is -0.610. The maximum atomic E-state index is 9.28. The molecule has 0 spiro atoms. The van der Waals surface area contributed by atoms with Crippen LogP contribution >= 0.6 is 12.4 Å². The molecule has 3 nitrogen and oxygen atoms in total. The largest absolute Gasteiger partial charge is 0.368 e. The van der Waals surface area contributed by atoms with Crippen molar-refractivity contribution in [1.82, 2.24) is 5.32 Å². The Kier molecular flexibility index (Phi) is 16.4. The fourth-order valence-corrected chi connectivity index (χ4v) is 3.12. The lowest BCUT2D eigenvalue weighted by Crippen LogP contribution is -2.26. The first-order valence-electron chi connectivity index (χ1n) is 9.88. The molecule has 0 aliphatic heterocycles. The second-order valence-corrected chi connectivity index (χ2v) is 6.82. The van der Waals surface area contributed by atoms with Gasteiger partial charge in [0.15, 0.2) is 6.29 Å².